The fourth-order valence-electron chi connectivity index (χ4n) is 5.15. The standard InChI is InChI=1S/C36H51N3O8/c1-27(14-15-35(40)41)39-29(3)25-46-24-28(2)37-16-8-18-43-20-22-45-23-21-44-19-9-17-38-36(42)47-26-34-32-12-6-4-10-30(32)31-11-5-7-13-33(31)34/h4-7,10-13,27,34,37,39H,2-3,8-9,14-26H2,1H3,(H,38,42)(H,40,41). The monoisotopic (exact) mass is 653 g/mol. The summed E-state index contributed by atoms with van der Waals surface area (Å²) in [4.78, 5) is 22.9. The predicted octanol–water partition coefficient (Wildman–Crippen LogP) is 4.83. The normalized spacial score (nSPS) is 12.5. The van der Waals surface area contributed by atoms with E-state index >= 15 is 0 Å². The fourth-order valence-corrected chi connectivity index (χ4v) is 5.15. The highest BCUT2D eigenvalue weighted by Gasteiger charge is 2.28. The van der Waals surface area contributed by atoms with Crippen molar-refractivity contribution in [1.82, 2.24) is 16.0 Å². The van der Waals surface area contributed by atoms with Gasteiger partial charge in [0.15, 0.2) is 0 Å². The molecule has 2 aromatic rings. The van der Waals surface area contributed by atoms with E-state index in [2.05, 4.69) is 53.4 Å². The molecule has 47 heavy (non-hydrogen) atoms. The van der Waals surface area contributed by atoms with Crippen LogP contribution in [0, 0.1) is 0 Å². The first kappa shape index (κ1) is 37.6. The number of carbonyl (C=O) groups is 2. The Labute approximate surface area is 278 Å². The zero-order valence-corrected chi connectivity index (χ0v) is 27.6. The summed E-state index contributed by atoms with van der Waals surface area (Å²) in [5.41, 5.74) is 6.28. The minimum atomic E-state index is -0.809. The third-order valence-electron chi connectivity index (χ3n) is 7.46. The van der Waals surface area contributed by atoms with Crippen LogP contribution in [0.3, 0.4) is 0 Å². The van der Waals surface area contributed by atoms with Crippen molar-refractivity contribution in [2.24, 2.45) is 0 Å². The molecule has 258 valence electrons. The minimum absolute atomic E-state index is 0.0208. The van der Waals surface area contributed by atoms with Gasteiger partial charge in [0.05, 0.1) is 39.6 Å². The number of ether oxygens (including phenoxy) is 5. The van der Waals surface area contributed by atoms with E-state index in [1.165, 1.54) is 22.3 Å². The van der Waals surface area contributed by atoms with Crippen LogP contribution in [0.25, 0.3) is 11.1 Å². The van der Waals surface area contributed by atoms with E-state index in [4.69, 9.17) is 28.8 Å². The maximum Gasteiger partial charge on any atom is 0.407 e. The van der Waals surface area contributed by atoms with Crippen molar-refractivity contribution >= 4 is 12.1 Å². The number of amides is 1. The first-order chi connectivity index (χ1) is 22.8. The first-order valence-electron chi connectivity index (χ1n) is 16.3. The zero-order chi connectivity index (χ0) is 33.7. The van der Waals surface area contributed by atoms with E-state index in [1.54, 1.807) is 0 Å². The van der Waals surface area contributed by atoms with Crippen molar-refractivity contribution in [1.29, 1.82) is 0 Å². The number of carboxylic acids is 1. The molecule has 11 nitrogen and oxygen atoms in total. The summed E-state index contributed by atoms with van der Waals surface area (Å²) >= 11 is 0. The zero-order valence-electron chi connectivity index (χ0n) is 27.6. The second-order valence-electron chi connectivity index (χ2n) is 11.4. The maximum atomic E-state index is 12.3. The Morgan fingerprint density at radius 3 is 1.89 bits per heavy atom. The van der Waals surface area contributed by atoms with E-state index in [9.17, 15) is 9.59 Å². The molecule has 1 aliphatic rings. The van der Waals surface area contributed by atoms with Gasteiger partial charge in [-0.1, -0.05) is 61.7 Å². The number of hydrogen-bond acceptors (Lipinski definition) is 9. The molecule has 0 saturated heterocycles. The number of carboxylic acid groups (broad SMARTS) is 1. The number of benzene rings is 2. The van der Waals surface area contributed by atoms with Crippen LogP contribution < -0.4 is 16.0 Å². The number of aliphatic carboxylic acids is 1. The van der Waals surface area contributed by atoms with Crippen LogP contribution in [0.2, 0.25) is 0 Å². The highest BCUT2D eigenvalue weighted by Crippen LogP contribution is 2.44. The molecule has 0 aromatic heterocycles. The molecule has 0 radical (unpaired) electrons. The van der Waals surface area contributed by atoms with Crippen LogP contribution in [0.1, 0.15) is 49.7 Å². The number of rotatable bonds is 26. The lowest BCUT2D eigenvalue weighted by atomic mass is 9.98. The van der Waals surface area contributed by atoms with E-state index in [0.717, 1.165) is 18.7 Å². The van der Waals surface area contributed by atoms with E-state index < -0.39 is 12.1 Å². The third-order valence-corrected chi connectivity index (χ3v) is 7.46. The molecule has 11 heteroatoms. The Morgan fingerprint density at radius 1 is 0.766 bits per heavy atom. The Balaban J connectivity index is 1.06. The van der Waals surface area contributed by atoms with Gasteiger partial charge in [-0.25, -0.2) is 4.79 Å². The van der Waals surface area contributed by atoms with Crippen molar-refractivity contribution < 1.29 is 38.4 Å². The van der Waals surface area contributed by atoms with Crippen molar-refractivity contribution in [3.63, 3.8) is 0 Å². The Hall–Kier alpha value is -3.90. The molecule has 3 rings (SSSR count). The lowest BCUT2D eigenvalue weighted by molar-refractivity contribution is -0.137. The Kier molecular flexibility index (Phi) is 17.4. The van der Waals surface area contributed by atoms with Gasteiger partial charge >= 0.3 is 12.1 Å². The summed E-state index contributed by atoms with van der Waals surface area (Å²) in [6.07, 6.45) is 1.73. The van der Waals surface area contributed by atoms with Gasteiger partial charge in [0.1, 0.15) is 6.61 Å². The second-order valence-corrected chi connectivity index (χ2v) is 11.4. The number of hydrogen-bond donors (Lipinski definition) is 4. The van der Waals surface area contributed by atoms with Gasteiger partial charge in [0.2, 0.25) is 0 Å². The molecule has 1 unspecified atom stereocenters. The molecule has 1 aliphatic carbocycles. The van der Waals surface area contributed by atoms with Crippen LogP contribution >= 0.6 is 0 Å². The van der Waals surface area contributed by atoms with Gasteiger partial charge < -0.3 is 44.7 Å². The summed E-state index contributed by atoms with van der Waals surface area (Å²) in [7, 11) is 0. The quantitative estimate of drug-likeness (QED) is 0.105. The topological polar surface area (TPSA) is 137 Å². The molecule has 0 saturated carbocycles. The number of alkyl carbamates (subject to hydrolysis) is 1. The predicted molar refractivity (Wildman–Crippen MR) is 181 cm³/mol. The van der Waals surface area contributed by atoms with Crippen molar-refractivity contribution in [3.05, 3.63) is 84.2 Å². The molecule has 2 aromatic carbocycles. The summed E-state index contributed by atoms with van der Waals surface area (Å²) < 4.78 is 27.9. The smallest absolute Gasteiger partial charge is 0.407 e. The molecule has 4 N–H and O–H groups in total. The highest BCUT2D eigenvalue weighted by atomic mass is 16.6. The maximum absolute atomic E-state index is 12.3. The third kappa shape index (κ3) is 14.6. The van der Waals surface area contributed by atoms with E-state index in [-0.39, 0.29) is 18.4 Å². The van der Waals surface area contributed by atoms with Crippen LogP contribution in [0.5, 0.6) is 0 Å². The van der Waals surface area contributed by atoms with Gasteiger partial charge in [-0.05, 0) is 48.4 Å². The molecule has 0 aliphatic heterocycles. The number of carbonyl (C=O) groups excluding carboxylic acids is 1. The molecular weight excluding hydrogens is 602 g/mol. The lowest BCUT2D eigenvalue weighted by Crippen LogP contribution is -2.28. The molecule has 1 amide bonds. The summed E-state index contributed by atoms with van der Waals surface area (Å²) in [6.45, 7) is 15.0. The summed E-state index contributed by atoms with van der Waals surface area (Å²) in [5, 5.41) is 17.9. The van der Waals surface area contributed by atoms with Crippen molar-refractivity contribution in [2.45, 2.75) is 44.6 Å². The fraction of sp³-hybridized carbons (Fsp3) is 0.500. The number of fused-ring (bicyclic) bond motifs is 3. The first-order valence-corrected chi connectivity index (χ1v) is 16.3. The molecule has 0 bridgehead atoms. The van der Waals surface area contributed by atoms with Gasteiger partial charge in [-0.2, -0.15) is 0 Å². The van der Waals surface area contributed by atoms with Gasteiger partial charge in [0.25, 0.3) is 0 Å². The van der Waals surface area contributed by atoms with Crippen LogP contribution in [-0.4, -0.2) is 95.8 Å². The highest BCUT2D eigenvalue weighted by molar-refractivity contribution is 5.79. The Morgan fingerprint density at radius 2 is 1.30 bits per heavy atom. The van der Waals surface area contributed by atoms with Crippen molar-refractivity contribution in [3.8, 4) is 11.1 Å². The SMILES string of the molecule is C=C(COCC(=C)NC(C)CCC(=O)O)NCCCOCCOCCOCCCNC(=O)OCC1c2ccccc2-c2ccccc21. The van der Waals surface area contributed by atoms with Crippen LogP contribution in [-0.2, 0) is 28.5 Å². The second kappa shape index (κ2) is 21.8. The molecular formula is C36H51N3O8. The average Bonchev–Trinajstić information content (AvgIpc) is 3.38. The van der Waals surface area contributed by atoms with Crippen LogP contribution in [0.4, 0.5) is 4.79 Å². The van der Waals surface area contributed by atoms with Crippen molar-refractivity contribution in [2.75, 3.05) is 72.6 Å². The van der Waals surface area contributed by atoms with E-state index in [1.807, 2.05) is 31.2 Å². The van der Waals surface area contributed by atoms with Gasteiger partial charge in [-0.15, -0.1) is 0 Å². The minimum Gasteiger partial charge on any atom is -0.481 e. The van der Waals surface area contributed by atoms with Gasteiger partial charge in [-0.3, -0.25) is 4.79 Å². The Bertz CT molecular complexity index is 1220. The lowest BCUT2D eigenvalue weighted by Gasteiger charge is -2.17. The van der Waals surface area contributed by atoms with E-state index in [0.29, 0.717) is 84.5 Å². The number of nitrogens with one attached hydrogen (secondary N) is 3. The molecule has 0 fully saturated rings. The average molecular weight is 654 g/mol. The summed E-state index contributed by atoms with van der Waals surface area (Å²) in [5.74, 6) is -0.761. The largest absolute Gasteiger partial charge is 0.481 e. The van der Waals surface area contributed by atoms with Crippen LogP contribution in [0.15, 0.2) is 73.1 Å². The molecule has 1 atom stereocenters. The molecule has 0 heterocycles. The van der Waals surface area contributed by atoms with Gasteiger partial charge in [0, 0.05) is 56.1 Å². The summed E-state index contributed by atoms with van der Waals surface area (Å²) in [6, 6.07) is 16.6. The molecule has 0 spiro atoms.